The number of aryl methyl sites for hydroxylation is 1. The third kappa shape index (κ3) is 3.40. The maximum absolute atomic E-state index is 12.9. The Balaban J connectivity index is 1.29. The van der Waals surface area contributed by atoms with Crippen molar-refractivity contribution in [3.8, 4) is 10.8 Å². The molecular weight excluding hydrogens is 382 g/mol. The number of hydrogen-bond acceptors (Lipinski definition) is 5. The number of para-hydroxylation sites is 2. The molecule has 0 bridgehead atoms. The average Bonchev–Trinajstić information content (AvgIpc) is 3.41. The number of carbonyl (C=O) groups excluding carboxylic acids is 1. The van der Waals surface area contributed by atoms with Crippen LogP contribution in [0.25, 0.3) is 21.0 Å². The Hall–Kier alpha value is -3.12. The number of nitrogens with zero attached hydrogens (tertiary/aromatic N) is 3. The van der Waals surface area contributed by atoms with Gasteiger partial charge in [-0.25, -0.2) is 4.98 Å². The summed E-state index contributed by atoms with van der Waals surface area (Å²) in [7, 11) is 0. The van der Waals surface area contributed by atoms with Crippen molar-refractivity contribution < 1.29 is 9.21 Å². The van der Waals surface area contributed by atoms with E-state index in [2.05, 4.69) is 41.1 Å². The van der Waals surface area contributed by atoms with Gasteiger partial charge in [-0.05, 0) is 42.8 Å². The van der Waals surface area contributed by atoms with Crippen molar-refractivity contribution in [2.45, 2.75) is 6.92 Å². The first-order valence-corrected chi connectivity index (χ1v) is 10.6. The van der Waals surface area contributed by atoms with E-state index in [0.717, 1.165) is 28.3 Å². The van der Waals surface area contributed by atoms with E-state index in [-0.39, 0.29) is 5.91 Å². The quantitative estimate of drug-likeness (QED) is 0.492. The van der Waals surface area contributed by atoms with Gasteiger partial charge in [-0.1, -0.05) is 30.3 Å². The molecule has 1 saturated heterocycles. The van der Waals surface area contributed by atoms with E-state index in [1.54, 1.807) is 17.4 Å². The monoisotopic (exact) mass is 403 g/mol. The molecule has 0 spiro atoms. The molecule has 1 aliphatic heterocycles. The first-order chi connectivity index (χ1) is 14.2. The van der Waals surface area contributed by atoms with Crippen LogP contribution in [-0.2, 0) is 0 Å². The Morgan fingerprint density at radius 2 is 1.72 bits per heavy atom. The second-order valence-electron chi connectivity index (χ2n) is 7.22. The van der Waals surface area contributed by atoms with Crippen molar-refractivity contribution in [3.63, 3.8) is 0 Å². The van der Waals surface area contributed by atoms with Crippen molar-refractivity contribution in [2.24, 2.45) is 0 Å². The van der Waals surface area contributed by atoms with Gasteiger partial charge in [-0.15, -0.1) is 11.3 Å². The summed E-state index contributed by atoms with van der Waals surface area (Å²) < 4.78 is 7.00. The maximum Gasteiger partial charge on any atom is 0.289 e. The zero-order valence-corrected chi connectivity index (χ0v) is 17.0. The van der Waals surface area contributed by atoms with E-state index >= 15 is 0 Å². The van der Waals surface area contributed by atoms with Gasteiger partial charge in [-0.3, -0.25) is 4.79 Å². The van der Waals surface area contributed by atoms with E-state index in [1.165, 1.54) is 11.3 Å². The average molecular weight is 404 g/mol. The van der Waals surface area contributed by atoms with Crippen molar-refractivity contribution in [1.82, 2.24) is 9.88 Å². The standard InChI is InChI=1S/C23H21N3O2S/c1-16-6-2-4-8-18(16)25-12-14-26(15-13-25)23(27)20-11-10-19(28-20)22-24-17-7-3-5-9-21(17)29-22/h2-11H,12-15H2,1H3. The van der Waals surface area contributed by atoms with Gasteiger partial charge in [0.05, 0.1) is 10.2 Å². The number of thiazole rings is 1. The molecule has 0 N–H and O–H groups in total. The van der Waals surface area contributed by atoms with Gasteiger partial charge in [-0.2, -0.15) is 0 Å². The molecule has 3 heterocycles. The number of fused-ring (bicyclic) bond motifs is 1. The second kappa shape index (κ2) is 7.37. The predicted molar refractivity (Wildman–Crippen MR) is 117 cm³/mol. The van der Waals surface area contributed by atoms with Crippen LogP contribution in [0.1, 0.15) is 16.1 Å². The SMILES string of the molecule is Cc1ccccc1N1CCN(C(=O)c2ccc(-c3nc4ccccc4s3)o2)CC1. The largest absolute Gasteiger partial charge is 0.448 e. The summed E-state index contributed by atoms with van der Waals surface area (Å²) >= 11 is 1.57. The number of rotatable bonds is 3. The highest BCUT2D eigenvalue weighted by atomic mass is 32.1. The number of carbonyl (C=O) groups is 1. The van der Waals surface area contributed by atoms with Gasteiger partial charge < -0.3 is 14.2 Å². The lowest BCUT2D eigenvalue weighted by Gasteiger charge is -2.36. The van der Waals surface area contributed by atoms with Gasteiger partial charge in [0.15, 0.2) is 16.5 Å². The minimum absolute atomic E-state index is 0.0539. The number of amides is 1. The van der Waals surface area contributed by atoms with Gasteiger partial charge in [0.1, 0.15) is 0 Å². The molecule has 5 nitrogen and oxygen atoms in total. The van der Waals surface area contributed by atoms with E-state index in [4.69, 9.17) is 4.42 Å². The summed E-state index contributed by atoms with van der Waals surface area (Å²) in [5.74, 6) is 0.971. The molecule has 1 fully saturated rings. The van der Waals surface area contributed by atoms with Crippen LogP contribution in [0, 0.1) is 6.92 Å². The molecule has 0 aliphatic carbocycles. The van der Waals surface area contributed by atoms with Crippen molar-refractivity contribution in [1.29, 1.82) is 0 Å². The third-order valence-electron chi connectivity index (χ3n) is 5.34. The fourth-order valence-corrected chi connectivity index (χ4v) is 4.70. The highest BCUT2D eigenvalue weighted by molar-refractivity contribution is 7.21. The Labute approximate surface area is 173 Å². The first-order valence-electron chi connectivity index (χ1n) is 9.75. The Morgan fingerprint density at radius 1 is 0.966 bits per heavy atom. The highest BCUT2D eigenvalue weighted by Crippen LogP contribution is 2.31. The van der Waals surface area contributed by atoms with Crippen LogP contribution in [0.4, 0.5) is 5.69 Å². The van der Waals surface area contributed by atoms with Crippen LogP contribution >= 0.6 is 11.3 Å². The van der Waals surface area contributed by atoms with Gasteiger partial charge in [0.25, 0.3) is 5.91 Å². The van der Waals surface area contributed by atoms with Crippen LogP contribution in [0.15, 0.2) is 65.1 Å². The van der Waals surface area contributed by atoms with Crippen LogP contribution in [0.5, 0.6) is 0 Å². The summed E-state index contributed by atoms with van der Waals surface area (Å²) in [4.78, 5) is 21.7. The molecule has 0 unspecified atom stereocenters. The lowest BCUT2D eigenvalue weighted by molar-refractivity contribution is 0.0715. The van der Waals surface area contributed by atoms with E-state index in [0.29, 0.717) is 24.6 Å². The molecule has 0 saturated carbocycles. The van der Waals surface area contributed by atoms with Gasteiger partial charge >= 0.3 is 0 Å². The molecule has 2 aromatic carbocycles. The molecule has 5 rings (SSSR count). The highest BCUT2D eigenvalue weighted by Gasteiger charge is 2.25. The van der Waals surface area contributed by atoms with Crippen LogP contribution in [0.2, 0.25) is 0 Å². The van der Waals surface area contributed by atoms with Crippen LogP contribution in [0.3, 0.4) is 0 Å². The number of benzene rings is 2. The Morgan fingerprint density at radius 3 is 2.52 bits per heavy atom. The summed E-state index contributed by atoms with van der Waals surface area (Å²) in [6.45, 7) is 5.14. The number of aromatic nitrogens is 1. The molecule has 1 aliphatic rings. The van der Waals surface area contributed by atoms with E-state index in [9.17, 15) is 4.79 Å². The third-order valence-corrected chi connectivity index (χ3v) is 6.40. The number of anilines is 1. The molecule has 6 heteroatoms. The van der Waals surface area contributed by atoms with Gasteiger partial charge in [0, 0.05) is 31.9 Å². The molecule has 2 aromatic heterocycles. The van der Waals surface area contributed by atoms with Crippen molar-refractivity contribution in [3.05, 3.63) is 72.0 Å². The van der Waals surface area contributed by atoms with E-state index < -0.39 is 0 Å². The fourth-order valence-electron chi connectivity index (χ4n) is 3.77. The fraction of sp³-hybridized carbons (Fsp3) is 0.217. The minimum atomic E-state index is -0.0539. The van der Waals surface area contributed by atoms with Crippen LogP contribution in [-0.4, -0.2) is 42.0 Å². The molecule has 1 amide bonds. The summed E-state index contributed by atoms with van der Waals surface area (Å²) in [5.41, 5.74) is 3.46. The van der Waals surface area contributed by atoms with Crippen molar-refractivity contribution >= 4 is 33.1 Å². The minimum Gasteiger partial charge on any atom is -0.448 e. The lowest BCUT2D eigenvalue weighted by atomic mass is 10.1. The summed E-state index contributed by atoms with van der Waals surface area (Å²) in [6.07, 6.45) is 0. The zero-order valence-electron chi connectivity index (χ0n) is 16.2. The van der Waals surface area contributed by atoms with Crippen LogP contribution < -0.4 is 4.90 Å². The predicted octanol–water partition coefficient (Wildman–Crippen LogP) is 4.83. The summed E-state index contributed by atoms with van der Waals surface area (Å²) in [6, 6.07) is 20.0. The molecular formula is C23H21N3O2S. The molecule has 0 radical (unpaired) electrons. The first kappa shape index (κ1) is 17.9. The second-order valence-corrected chi connectivity index (χ2v) is 8.25. The topological polar surface area (TPSA) is 49.6 Å². The van der Waals surface area contributed by atoms with Crippen molar-refractivity contribution in [2.75, 3.05) is 31.1 Å². The van der Waals surface area contributed by atoms with Gasteiger partial charge in [0.2, 0.25) is 0 Å². The summed E-state index contributed by atoms with van der Waals surface area (Å²) in [5, 5.41) is 0.801. The number of furan rings is 1. The Bertz CT molecular complexity index is 1140. The Kier molecular flexibility index (Phi) is 4.56. The molecule has 4 aromatic rings. The van der Waals surface area contributed by atoms with E-state index in [1.807, 2.05) is 35.2 Å². The molecule has 0 atom stereocenters. The normalized spacial score (nSPS) is 14.5. The number of hydrogen-bond donors (Lipinski definition) is 0. The smallest absolute Gasteiger partial charge is 0.289 e. The molecule has 29 heavy (non-hydrogen) atoms. The number of piperazine rings is 1. The molecule has 146 valence electrons. The lowest BCUT2D eigenvalue weighted by Crippen LogP contribution is -2.48. The maximum atomic E-state index is 12.9. The zero-order chi connectivity index (χ0) is 19.8.